The largest absolute Gasteiger partial charge is 0.502 e. The maximum Gasteiger partial charge on any atom is 0.338 e. The van der Waals surface area contributed by atoms with Crippen molar-refractivity contribution in [3.8, 4) is 23.0 Å². The lowest BCUT2D eigenvalue weighted by molar-refractivity contribution is -0.136. The zero-order valence-corrected chi connectivity index (χ0v) is 21.7. The van der Waals surface area contributed by atoms with E-state index in [-0.39, 0.29) is 28.4 Å². The molecule has 0 aliphatic carbocycles. The fourth-order valence-corrected chi connectivity index (χ4v) is 5.28. The highest BCUT2D eigenvalue weighted by Gasteiger charge is 2.35. The van der Waals surface area contributed by atoms with Crippen LogP contribution in [0.3, 0.4) is 0 Å². The summed E-state index contributed by atoms with van der Waals surface area (Å²) in [6.07, 6.45) is 1.64. The van der Waals surface area contributed by atoms with Crippen LogP contribution in [0.4, 0.5) is 0 Å². The topological polar surface area (TPSA) is 109 Å². The van der Waals surface area contributed by atoms with E-state index in [0.29, 0.717) is 36.9 Å². The predicted octanol–water partition coefficient (Wildman–Crippen LogP) is 2.79. The van der Waals surface area contributed by atoms with Crippen LogP contribution in [0.15, 0.2) is 51.4 Å². The molecule has 0 radical (unpaired) electrons. The second-order valence-corrected chi connectivity index (χ2v) is 9.18. The smallest absolute Gasteiger partial charge is 0.338 e. The average molecular weight is 531 g/mol. The number of hydrogen-bond donors (Lipinski definition) is 1. The van der Waals surface area contributed by atoms with E-state index < -0.39 is 12.0 Å². The number of nitrogens with zero attached hydrogens (tertiary/aromatic N) is 2. The molecule has 4 rings (SSSR count). The summed E-state index contributed by atoms with van der Waals surface area (Å²) in [7, 11) is 5.60. The van der Waals surface area contributed by atoms with Crippen LogP contribution >= 0.6 is 22.9 Å². The van der Waals surface area contributed by atoms with E-state index in [9.17, 15) is 14.7 Å². The maximum atomic E-state index is 13.7. The number of aromatic nitrogens is 1. The lowest BCUT2D eigenvalue weighted by Crippen LogP contribution is -2.40. The second-order valence-electron chi connectivity index (χ2n) is 7.73. The van der Waals surface area contributed by atoms with Gasteiger partial charge >= 0.3 is 5.97 Å². The monoisotopic (exact) mass is 530 g/mol. The molecule has 2 heterocycles. The molecule has 0 amide bonds. The third-order valence-electron chi connectivity index (χ3n) is 5.71. The number of allylic oxidation sites excluding steroid dienone is 1. The molecule has 0 fully saturated rings. The van der Waals surface area contributed by atoms with Crippen molar-refractivity contribution in [3.63, 3.8) is 0 Å². The van der Waals surface area contributed by atoms with Crippen LogP contribution in [0.1, 0.15) is 24.1 Å². The van der Waals surface area contributed by atoms with E-state index in [1.165, 1.54) is 33.0 Å². The standard InChI is InChI=1S/C25H23ClN2O7S/c1-12-20(24(31)35-5)21(15-11-14(26)6-7-16(15)32-2)28-23(30)19(36-25(28)27-12)10-13-8-17(33-3)22(29)18(9-13)34-4/h6-11,21,29H,1-5H3/b19-10-/t21-/m0/s1. The Labute approximate surface area is 215 Å². The highest BCUT2D eigenvalue weighted by molar-refractivity contribution is 7.07. The lowest BCUT2D eigenvalue weighted by Gasteiger charge is -2.25. The molecule has 0 saturated heterocycles. The molecule has 36 heavy (non-hydrogen) atoms. The van der Waals surface area contributed by atoms with Crippen molar-refractivity contribution < 1.29 is 28.8 Å². The summed E-state index contributed by atoms with van der Waals surface area (Å²) in [4.78, 5) is 31.5. The van der Waals surface area contributed by atoms with Crippen molar-refractivity contribution in [1.29, 1.82) is 0 Å². The van der Waals surface area contributed by atoms with Gasteiger partial charge < -0.3 is 24.1 Å². The van der Waals surface area contributed by atoms with Crippen molar-refractivity contribution in [2.45, 2.75) is 13.0 Å². The van der Waals surface area contributed by atoms with Crippen LogP contribution in [0.5, 0.6) is 23.0 Å². The summed E-state index contributed by atoms with van der Waals surface area (Å²) in [6, 6.07) is 7.27. The van der Waals surface area contributed by atoms with Gasteiger partial charge in [0.05, 0.1) is 44.2 Å². The van der Waals surface area contributed by atoms with Crippen molar-refractivity contribution in [2.75, 3.05) is 28.4 Å². The van der Waals surface area contributed by atoms with Crippen LogP contribution in [0.25, 0.3) is 6.08 Å². The van der Waals surface area contributed by atoms with Crippen molar-refractivity contribution in [3.05, 3.63) is 77.4 Å². The normalized spacial score (nSPS) is 15.3. The summed E-state index contributed by atoms with van der Waals surface area (Å²) in [5.41, 5.74) is 1.30. The number of benzene rings is 2. The lowest BCUT2D eigenvalue weighted by atomic mass is 9.95. The van der Waals surface area contributed by atoms with Gasteiger partial charge in [-0.15, -0.1) is 0 Å². The number of hydrogen-bond acceptors (Lipinski definition) is 9. The molecule has 1 atom stereocenters. The number of phenols is 1. The third kappa shape index (κ3) is 4.33. The van der Waals surface area contributed by atoms with Crippen LogP contribution in [0.2, 0.25) is 5.02 Å². The molecule has 0 unspecified atom stereocenters. The Hall–Kier alpha value is -3.76. The molecule has 1 aliphatic heterocycles. The number of carbonyl (C=O) groups excluding carboxylic acids is 1. The van der Waals surface area contributed by atoms with Gasteiger partial charge in [0, 0.05) is 10.6 Å². The molecule has 1 aromatic heterocycles. The average Bonchev–Trinajstić information content (AvgIpc) is 3.17. The molecule has 3 aromatic rings. The highest BCUT2D eigenvalue weighted by atomic mass is 35.5. The first kappa shape index (κ1) is 25.3. The van der Waals surface area contributed by atoms with E-state index in [0.717, 1.165) is 11.3 Å². The molecular formula is C25H23ClN2O7S. The molecule has 0 saturated carbocycles. The van der Waals surface area contributed by atoms with Gasteiger partial charge in [0.1, 0.15) is 11.8 Å². The SMILES string of the molecule is COC(=O)C1=C(C)N=c2s/c(=C\c3cc(OC)c(O)c(OC)c3)c(=O)n2[C@H]1c1cc(Cl)ccc1OC. The zero-order chi connectivity index (χ0) is 26.1. The van der Waals surface area contributed by atoms with E-state index >= 15 is 0 Å². The Balaban J connectivity index is 2.02. The van der Waals surface area contributed by atoms with Crippen LogP contribution < -0.4 is 29.1 Å². The van der Waals surface area contributed by atoms with Crippen molar-refractivity contribution >= 4 is 35.0 Å². The minimum atomic E-state index is -0.881. The maximum absolute atomic E-state index is 13.7. The Morgan fingerprint density at radius 2 is 1.72 bits per heavy atom. The number of aromatic hydroxyl groups is 1. The molecule has 188 valence electrons. The summed E-state index contributed by atoms with van der Waals surface area (Å²) in [5, 5.41) is 10.6. The molecule has 9 nitrogen and oxygen atoms in total. The number of thiazole rings is 1. The van der Waals surface area contributed by atoms with Gasteiger partial charge in [0.2, 0.25) is 5.75 Å². The Bertz CT molecular complexity index is 1550. The van der Waals surface area contributed by atoms with Gasteiger partial charge in [-0.3, -0.25) is 9.36 Å². The summed E-state index contributed by atoms with van der Waals surface area (Å²) in [5.74, 6) is 0.0659. The van der Waals surface area contributed by atoms with Gasteiger partial charge in [0.25, 0.3) is 5.56 Å². The van der Waals surface area contributed by atoms with Gasteiger partial charge in [-0.05, 0) is 48.9 Å². The predicted molar refractivity (Wildman–Crippen MR) is 135 cm³/mol. The molecule has 0 spiro atoms. The quantitative estimate of drug-likeness (QED) is 0.488. The van der Waals surface area contributed by atoms with E-state index in [1.807, 2.05) is 0 Å². The van der Waals surface area contributed by atoms with Crippen molar-refractivity contribution in [2.24, 2.45) is 4.99 Å². The van der Waals surface area contributed by atoms with Crippen LogP contribution in [-0.4, -0.2) is 44.1 Å². The van der Waals surface area contributed by atoms with E-state index in [1.54, 1.807) is 43.3 Å². The first-order valence-electron chi connectivity index (χ1n) is 10.6. The second kappa shape index (κ2) is 10.1. The molecular weight excluding hydrogens is 508 g/mol. The van der Waals surface area contributed by atoms with E-state index in [4.69, 9.17) is 30.5 Å². The number of methoxy groups -OCH3 is 4. The molecule has 1 N–H and O–H groups in total. The third-order valence-corrected chi connectivity index (χ3v) is 6.93. The summed E-state index contributed by atoms with van der Waals surface area (Å²) >= 11 is 7.45. The van der Waals surface area contributed by atoms with Gasteiger partial charge in [-0.25, -0.2) is 9.79 Å². The number of carbonyl (C=O) groups is 1. The number of phenolic OH excluding ortho intramolecular Hbond substituents is 1. The number of fused-ring (bicyclic) bond motifs is 1. The number of halogens is 1. The minimum Gasteiger partial charge on any atom is -0.502 e. The van der Waals surface area contributed by atoms with Crippen LogP contribution in [-0.2, 0) is 9.53 Å². The van der Waals surface area contributed by atoms with Crippen molar-refractivity contribution in [1.82, 2.24) is 4.57 Å². The Morgan fingerprint density at radius 3 is 2.31 bits per heavy atom. The molecule has 11 heteroatoms. The zero-order valence-electron chi connectivity index (χ0n) is 20.1. The summed E-state index contributed by atoms with van der Waals surface area (Å²) < 4.78 is 22.8. The minimum absolute atomic E-state index is 0.148. The molecule has 1 aliphatic rings. The number of ether oxygens (including phenoxy) is 4. The Kier molecular flexibility index (Phi) is 7.09. The fourth-order valence-electron chi connectivity index (χ4n) is 4.05. The van der Waals surface area contributed by atoms with Gasteiger partial charge in [-0.2, -0.15) is 0 Å². The molecule has 2 aromatic carbocycles. The fraction of sp³-hybridized carbons (Fsp3) is 0.240. The highest BCUT2D eigenvalue weighted by Crippen LogP contribution is 2.38. The first-order valence-corrected chi connectivity index (χ1v) is 11.8. The Morgan fingerprint density at radius 1 is 1.08 bits per heavy atom. The molecule has 0 bridgehead atoms. The number of rotatable bonds is 6. The van der Waals surface area contributed by atoms with E-state index in [2.05, 4.69) is 4.99 Å². The summed E-state index contributed by atoms with van der Waals surface area (Å²) in [6.45, 7) is 1.68. The number of esters is 1. The van der Waals surface area contributed by atoms with Gasteiger partial charge in [0.15, 0.2) is 16.3 Å². The van der Waals surface area contributed by atoms with Gasteiger partial charge in [-0.1, -0.05) is 22.9 Å². The van der Waals surface area contributed by atoms with Crippen LogP contribution in [0, 0.1) is 0 Å². The first-order chi connectivity index (χ1) is 17.2.